The Kier molecular flexibility index (Phi) is 5.45. The molecule has 1 heterocycles. The lowest BCUT2D eigenvalue weighted by atomic mass is 9.89. The summed E-state index contributed by atoms with van der Waals surface area (Å²) in [7, 11) is 1.71. The largest absolute Gasteiger partial charge is 0.358 e. The van der Waals surface area contributed by atoms with Crippen LogP contribution in [0.3, 0.4) is 0 Å². The molecule has 1 amide bonds. The van der Waals surface area contributed by atoms with Crippen LogP contribution in [0.5, 0.6) is 0 Å². The van der Waals surface area contributed by atoms with Crippen molar-refractivity contribution in [1.82, 2.24) is 15.1 Å². The van der Waals surface area contributed by atoms with E-state index in [1.165, 1.54) is 38.6 Å². The smallest absolute Gasteiger partial charge is 0.233 e. The van der Waals surface area contributed by atoms with Crippen LogP contribution < -0.4 is 5.32 Å². The Labute approximate surface area is 111 Å². The van der Waals surface area contributed by atoms with Crippen molar-refractivity contribution >= 4 is 5.91 Å². The normalized spacial score (nSPS) is 24.1. The van der Waals surface area contributed by atoms with Crippen molar-refractivity contribution in [3.8, 4) is 0 Å². The molecule has 0 radical (unpaired) electrons. The molecule has 0 aromatic rings. The second-order valence-electron chi connectivity index (χ2n) is 5.75. The fourth-order valence-corrected chi connectivity index (χ4v) is 3.15. The number of likely N-dealkylation sites (N-methyl/N-ethyl adjacent to an activating group) is 1. The number of rotatable bonds is 4. The van der Waals surface area contributed by atoms with Gasteiger partial charge in [0.25, 0.3) is 0 Å². The first-order valence-corrected chi connectivity index (χ1v) is 7.43. The van der Waals surface area contributed by atoms with Gasteiger partial charge >= 0.3 is 0 Å². The second kappa shape index (κ2) is 7.10. The zero-order chi connectivity index (χ0) is 12.8. The molecule has 4 nitrogen and oxygen atoms in total. The molecule has 104 valence electrons. The Hall–Kier alpha value is -0.610. The first-order chi connectivity index (χ1) is 8.78. The summed E-state index contributed by atoms with van der Waals surface area (Å²) in [6, 6.07) is 0. The van der Waals surface area contributed by atoms with Gasteiger partial charge in [-0.05, 0) is 18.8 Å². The van der Waals surface area contributed by atoms with Crippen LogP contribution in [0.15, 0.2) is 0 Å². The molecule has 1 N–H and O–H groups in total. The molecule has 1 saturated carbocycles. The van der Waals surface area contributed by atoms with Crippen LogP contribution in [0.25, 0.3) is 0 Å². The number of hydrogen-bond donors (Lipinski definition) is 1. The van der Waals surface area contributed by atoms with Gasteiger partial charge in [-0.2, -0.15) is 0 Å². The SMILES string of the molecule is CNC(=O)CN1CCN(CC2CCCCC2)CC1. The molecule has 0 spiro atoms. The van der Waals surface area contributed by atoms with E-state index in [2.05, 4.69) is 15.1 Å². The minimum Gasteiger partial charge on any atom is -0.358 e. The van der Waals surface area contributed by atoms with Crippen molar-refractivity contribution in [3.05, 3.63) is 0 Å². The number of carbonyl (C=O) groups is 1. The van der Waals surface area contributed by atoms with E-state index in [9.17, 15) is 4.79 Å². The molecule has 2 rings (SSSR count). The van der Waals surface area contributed by atoms with Crippen LogP contribution in [-0.4, -0.2) is 62.0 Å². The van der Waals surface area contributed by atoms with Crippen molar-refractivity contribution in [2.45, 2.75) is 32.1 Å². The predicted octanol–water partition coefficient (Wildman–Crippen LogP) is 0.930. The molecule has 18 heavy (non-hydrogen) atoms. The van der Waals surface area contributed by atoms with Gasteiger partial charge in [0.1, 0.15) is 0 Å². The van der Waals surface area contributed by atoms with E-state index in [1.54, 1.807) is 7.05 Å². The average Bonchev–Trinajstić information content (AvgIpc) is 2.42. The fraction of sp³-hybridized carbons (Fsp3) is 0.929. The number of carbonyl (C=O) groups excluding carboxylic acids is 1. The minimum atomic E-state index is 0.135. The first kappa shape index (κ1) is 13.8. The van der Waals surface area contributed by atoms with Crippen LogP contribution in [0.1, 0.15) is 32.1 Å². The summed E-state index contributed by atoms with van der Waals surface area (Å²) >= 11 is 0. The van der Waals surface area contributed by atoms with Gasteiger partial charge in [-0.3, -0.25) is 9.69 Å². The summed E-state index contributed by atoms with van der Waals surface area (Å²) in [5.41, 5.74) is 0. The van der Waals surface area contributed by atoms with Crippen molar-refractivity contribution in [1.29, 1.82) is 0 Å². The summed E-state index contributed by atoms with van der Waals surface area (Å²) in [6.45, 7) is 6.20. The van der Waals surface area contributed by atoms with Crippen molar-refractivity contribution in [2.75, 3.05) is 46.3 Å². The Morgan fingerprint density at radius 1 is 1.06 bits per heavy atom. The Balaban J connectivity index is 1.65. The zero-order valence-electron chi connectivity index (χ0n) is 11.7. The van der Waals surface area contributed by atoms with E-state index in [0.29, 0.717) is 6.54 Å². The van der Waals surface area contributed by atoms with Crippen LogP contribution in [0.4, 0.5) is 0 Å². The van der Waals surface area contributed by atoms with Gasteiger partial charge in [0.05, 0.1) is 6.54 Å². The lowest BCUT2D eigenvalue weighted by Gasteiger charge is -2.36. The van der Waals surface area contributed by atoms with Gasteiger partial charge in [0.2, 0.25) is 5.91 Å². The molecule has 1 aliphatic heterocycles. The molecule has 0 atom stereocenters. The van der Waals surface area contributed by atoms with Gasteiger partial charge in [-0.25, -0.2) is 0 Å². The van der Waals surface area contributed by atoms with E-state index in [1.807, 2.05) is 0 Å². The lowest BCUT2D eigenvalue weighted by Crippen LogP contribution is -2.50. The maximum Gasteiger partial charge on any atom is 0.233 e. The van der Waals surface area contributed by atoms with Gasteiger partial charge in [0, 0.05) is 39.8 Å². The standard InChI is InChI=1S/C14H27N3O/c1-15-14(18)12-17-9-7-16(8-10-17)11-13-5-3-2-4-6-13/h13H,2-12H2,1H3,(H,15,18). The van der Waals surface area contributed by atoms with E-state index < -0.39 is 0 Å². The van der Waals surface area contributed by atoms with Gasteiger partial charge in [-0.15, -0.1) is 0 Å². The molecular formula is C14H27N3O. The van der Waals surface area contributed by atoms with Crippen molar-refractivity contribution in [3.63, 3.8) is 0 Å². The van der Waals surface area contributed by atoms with Gasteiger partial charge in [-0.1, -0.05) is 19.3 Å². The third-order valence-electron chi connectivity index (χ3n) is 4.35. The number of hydrogen-bond acceptors (Lipinski definition) is 3. The van der Waals surface area contributed by atoms with Gasteiger partial charge in [0.15, 0.2) is 0 Å². The Bertz CT molecular complexity index is 256. The van der Waals surface area contributed by atoms with Crippen LogP contribution in [0.2, 0.25) is 0 Å². The number of amides is 1. The summed E-state index contributed by atoms with van der Waals surface area (Å²) in [6.07, 6.45) is 7.16. The highest BCUT2D eigenvalue weighted by Gasteiger charge is 2.22. The number of piperazine rings is 1. The molecule has 4 heteroatoms. The number of nitrogens with one attached hydrogen (secondary N) is 1. The van der Waals surface area contributed by atoms with E-state index in [4.69, 9.17) is 0 Å². The molecule has 2 fully saturated rings. The zero-order valence-corrected chi connectivity index (χ0v) is 11.7. The second-order valence-corrected chi connectivity index (χ2v) is 5.75. The molecule has 0 bridgehead atoms. The maximum atomic E-state index is 11.3. The molecule has 2 aliphatic rings. The van der Waals surface area contributed by atoms with Gasteiger partial charge < -0.3 is 10.2 Å². The van der Waals surface area contributed by atoms with Crippen LogP contribution in [0, 0.1) is 5.92 Å². The maximum absolute atomic E-state index is 11.3. The fourth-order valence-electron chi connectivity index (χ4n) is 3.15. The summed E-state index contributed by atoms with van der Waals surface area (Å²) in [4.78, 5) is 16.2. The first-order valence-electron chi connectivity index (χ1n) is 7.43. The molecular weight excluding hydrogens is 226 g/mol. The third kappa shape index (κ3) is 4.25. The molecule has 0 aromatic heterocycles. The predicted molar refractivity (Wildman–Crippen MR) is 73.5 cm³/mol. The lowest BCUT2D eigenvalue weighted by molar-refractivity contribution is -0.122. The minimum absolute atomic E-state index is 0.135. The highest BCUT2D eigenvalue weighted by atomic mass is 16.1. The highest BCUT2D eigenvalue weighted by Crippen LogP contribution is 2.24. The van der Waals surface area contributed by atoms with E-state index >= 15 is 0 Å². The number of nitrogens with zero attached hydrogens (tertiary/aromatic N) is 2. The summed E-state index contributed by atoms with van der Waals surface area (Å²) < 4.78 is 0. The monoisotopic (exact) mass is 253 g/mol. The van der Waals surface area contributed by atoms with Crippen LogP contribution in [-0.2, 0) is 4.79 Å². The van der Waals surface area contributed by atoms with E-state index in [-0.39, 0.29) is 5.91 Å². The van der Waals surface area contributed by atoms with Crippen molar-refractivity contribution in [2.24, 2.45) is 5.92 Å². The Morgan fingerprint density at radius 3 is 2.28 bits per heavy atom. The molecule has 1 aliphatic carbocycles. The average molecular weight is 253 g/mol. The molecule has 0 aromatic carbocycles. The topological polar surface area (TPSA) is 35.6 Å². The quantitative estimate of drug-likeness (QED) is 0.809. The highest BCUT2D eigenvalue weighted by molar-refractivity contribution is 5.77. The van der Waals surface area contributed by atoms with E-state index in [0.717, 1.165) is 32.1 Å². The Morgan fingerprint density at radius 2 is 1.67 bits per heavy atom. The summed E-state index contributed by atoms with van der Waals surface area (Å²) in [5.74, 6) is 1.07. The molecule has 0 unspecified atom stereocenters. The summed E-state index contributed by atoms with van der Waals surface area (Å²) in [5, 5.41) is 2.69. The third-order valence-corrected chi connectivity index (χ3v) is 4.35. The van der Waals surface area contributed by atoms with Crippen LogP contribution >= 0.6 is 0 Å². The molecule has 1 saturated heterocycles. The van der Waals surface area contributed by atoms with Crippen molar-refractivity contribution < 1.29 is 4.79 Å².